The molecule has 0 aromatic heterocycles. The van der Waals surface area contributed by atoms with Crippen molar-refractivity contribution in [1.82, 2.24) is 5.32 Å². The van der Waals surface area contributed by atoms with Crippen molar-refractivity contribution >= 4 is 11.8 Å². The summed E-state index contributed by atoms with van der Waals surface area (Å²) in [5, 5.41) is 2.70. The molecule has 1 atom stereocenters. The minimum atomic E-state index is -0.817. The fourth-order valence-corrected chi connectivity index (χ4v) is 3.22. The van der Waals surface area contributed by atoms with Gasteiger partial charge in [-0.2, -0.15) is 0 Å². The van der Waals surface area contributed by atoms with E-state index in [-0.39, 0.29) is 18.4 Å². The Morgan fingerprint density at radius 3 is 2.09 bits per heavy atom. The van der Waals surface area contributed by atoms with E-state index in [2.05, 4.69) is 5.32 Å². The fourth-order valence-electron chi connectivity index (χ4n) is 3.22. The molecule has 5 heteroatoms. The summed E-state index contributed by atoms with van der Waals surface area (Å²) in [6.07, 6.45) is 0. The van der Waals surface area contributed by atoms with Crippen LogP contribution in [0.15, 0.2) is 48.5 Å². The summed E-state index contributed by atoms with van der Waals surface area (Å²) in [5.41, 5.74) is 9.71. The third-order valence-electron chi connectivity index (χ3n) is 4.11. The van der Waals surface area contributed by atoms with Crippen molar-refractivity contribution < 1.29 is 14.3 Å². The van der Waals surface area contributed by atoms with Crippen LogP contribution in [0.3, 0.4) is 0 Å². The number of amides is 2. The van der Waals surface area contributed by atoms with Gasteiger partial charge in [0.2, 0.25) is 11.8 Å². The predicted octanol–water partition coefficient (Wildman–Crippen LogP) is 1.42. The first-order chi connectivity index (χ1) is 11.1. The van der Waals surface area contributed by atoms with Gasteiger partial charge in [-0.15, -0.1) is 0 Å². The Labute approximate surface area is 134 Å². The third-order valence-corrected chi connectivity index (χ3v) is 4.11. The number of ether oxygens (including phenoxy) is 1. The number of hydrogen-bond donors (Lipinski definition) is 2. The number of fused-ring (bicyclic) bond motifs is 3. The number of carbonyl (C=O) groups is 2. The highest BCUT2D eigenvalue weighted by Gasteiger charge is 2.37. The molecule has 2 aromatic carbocycles. The third kappa shape index (κ3) is 2.71. The molecule has 23 heavy (non-hydrogen) atoms. The van der Waals surface area contributed by atoms with Gasteiger partial charge in [0.05, 0.1) is 0 Å². The molecule has 1 aliphatic carbocycles. The summed E-state index contributed by atoms with van der Waals surface area (Å²) in [6, 6.07) is 14.9. The van der Waals surface area contributed by atoms with E-state index in [0.29, 0.717) is 0 Å². The van der Waals surface area contributed by atoms with E-state index >= 15 is 0 Å². The number of benzene rings is 2. The van der Waals surface area contributed by atoms with Gasteiger partial charge in [-0.1, -0.05) is 48.5 Å². The van der Waals surface area contributed by atoms with Crippen molar-refractivity contribution in [2.45, 2.75) is 12.0 Å². The molecule has 3 rings (SSSR count). The average Bonchev–Trinajstić information content (AvgIpc) is 2.87. The van der Waals surface area contributed by atoms with Crippen LogP contribution in [-0.2, 0) is 14.3 Å². The molecule has 0 unspecified atom stereocenters. The van der Waals surface area contributed by atoms with Crippen molar-refractivity contribution in [3.05, 3.63) is 59.7 Å². The standard InChI is InChI=1S/C18H18N2O3/c1-23-10-15(21)20-17(18(19)22)16-13-8-4-2-6-11(13)12-7-3-5-9-14(12)16/h2-9,16-17H,10H2,1H3,(H2,19,22)(H,20,21)/t17-/m0/s1. The van der Waals surface area contributed by atoms with Gasteiger partial charge in [0.1, 0.15) is 12.6 Å². The van der Waals surface area contributed by atoms with Gasteiger partial charge in [-0.3, -0.25) is 9.59 Å². The van der Waals surface area contributed by atoms with Gasteiger partial charge in [0.25, 0.3) is 0 Å². The van der Waals surface area contributed by atoms with E-state index in [0.717, 1.165) is 22.3 Å². The first kappa shape index (κ1) is 15.2. The zero-order valence-electron chi connectivity index (χ0n) is 12.8. The minimum absolute atomic E-state index is 0.111. The molecule has 0 saturated carbocycles. The lowest BCUT2D eigenvalue weighted by atomic mass is 9.89. The average molecular weight is 310 g/mol. The molecule has 2 aromatic rings. The van der Waals surface area contributed by atoms with Crippen molar-refractivity contribution in [1.29, 1.82) is 0 Å². The summed E-state index contributed by atoms with van der Waals surface area (Å²) in [7, 11) is 1.43. The summed E-state index contributed by atoms with van der Waals surface area (Å²) in [4.78, 5) is 23.9. The van der Waals surface area contributed by atoms with Crippen molar-refractivity contribution in [2.24, 2.45) is 5.73 Å². The van der Waals surface area contributed by atoms with Crippen LogP contribution in [0.1, 0.15) is 17.0 Å². The number of nitrogens with two attached hydrogens (primary N) is 1. The molecule has 0 spiro atoms. The van der Waals surface area contributed by atoms with E-state index < -0.39 is 11.9 Å². The molecule has 0 radical (unpaired) electrons. The molecular formula is C18H18N2O3. The first-order valence-corrected chi connectivity index (χ1v) is 7.39. The van der Waals surface area contributed by atoms with E-state index in [1.54, 1.807) is 0 Å². The van der Waals surface area contributed by atoms with E-state index in [1.165, 1.54) is 7.11 Å². The highest BCUT2D eigenvalue weighted by Crippen LogP contribution is 2.45. The molecule has 5 nitrogen and oxygen atoms in total. The normalized spacial score (nSPS) is 14.0. The zero-order chi connectivity index (χ0) is 16.4. The molecule has 2 amide bonds. The molecule has 1 aliphatic rings. The van der Waals surface area contributed by atoms with Gasteiger partial charge in [-0.25, -0.2) is 0 Å². The number of methoxy groups -OCH3 is 1. The van der Waals surface area contributed by atoms with Crippen molar-refractivity contribution in [2.75, 3.05) is 13.7 Å². The fraction of sp³-hybridized carbons (Fsp3) is 0.222. The number of hydrogen-bond acceptors (Lipinski definition) is 3. The topological polar surface area (TPSA) is 81.4 Å². The van der Waals surface area contributed by atoms with Crippen LogP contribution in [0, 0.1) is 0 Å². The monoisotopic (exact) mass is 310 g/mol. The Bertz CT molecular complexity index is 712. The van der Waals surface area contributed by atoms with Gasteiger partial charge in [0.15, 0.2) is 0 Å². The second-order valence-electron chi connectivity index (χ2n) is 5.53. The first-order valence-electron chi connectivity index (χ1n) is 7.39. The van der Waals surface area contributed by atoms with Crippen LogP contribution >= 0.6 is 0 Å². The Morgan fingerprint density at radius 2 is 1.61 bits per heavy atom. The predicted molar refractivity (Wildman–Crippen MR) is 86.7 cm³/mol. The van der Waals surface area contributed by atoms with Crippen LogP contribution in [0.25, 0.3) is 11.1 Å². The van der Waals surface area contributed by atoms with E-state index in [4.69, 9.17) is 10.5 Å². The Kier molecular flexibility index (Phi) is 4.12. The van der Waals surface area contributed by atoms with Crippen LogP contribution in [0.2, 0.25) is 0 Å². The van der Waals surface area contributed by atoms with Gasteiger partial charge in [-0.05, 0) is 22.3 Å². The highest BCUT2D eigenvalue weighted by atomic mass is 16.5. The lowest BCUT2D eigenvalue weighted by Gasteiger charge is -2.24. The maximum absolute atomic E-state index is 12.0. The smallest absolute Gasteiger partial charge is 0.246 e. The zero-order valence-corrected chi connectivity index (χ0v) is 12.8. The Hall–Kier alpha value is -2.66. The molecule has 0 fully saturated rings. The summed E-state index contributed by atoms with van der Waals surface area (Å²) >= 11 is 0. The number of rotatable bonds is 5. The number of carbonyl (C=O) groups excluding carboxylic acids is 2. The summed E-state index contributed by atoms with van der Waals surface area (Å²) in [6.45, 7) is -0.111. The maximum Gasteiger partial charge on any atom is 0.246 e. The number of primary amides is 1. The Morgan fingerprint density at radius 1 is 1.09 bits per heavy atom. The summed E-state index contributed by atoms with van der Waals surface area (Å²) < 4.78 is 4.82. The van der Waals surface area contributed by atoms with Crippen LogP contribution in [-0.4, -0.2) is 31.6 Å². The summed E-state index contributed by atoms with van der Waals surface area (Å²) in [5.74, 6) is -1.22. The molecule has 0 saturated heterocycles. The lowest BCUT2D eigenvalue weighted by molar-refractivity contribution is -0.129. The molecule has 118 valence electrons. The number of nitrogens with one attached hydrogen (secondary N) is 1. The molecular weight excluding hydrogens is 292 g/mol. The largest absolute Gasteiger partial charge is 0.375 e. The van der Waals surface area contributed by atoms with Crippen LogP contribution in [0.5, 0.6) is 0 Å². The molecule has 0 bridgehead atoms. The second-order valence-corrected chi connectivity index (χ2v) is 5.53. The second kappa shape index (κ2) is 6.22. The lowest BCUT2D eigenvalue weighted by Crippen LogP contribution is -2.49. The maximum atomic E-state index is 12.0. The van der Waals surface area contributed by atoms with Crippen LogP contribution < -0.4 is 11.1 Å². The quantitative estimate of drug-likeness (QED) is 0.876. The highest BCUT2D eigenvalue weighted by molar-refractivity contribution is 5.91. The minimum Gasteiger partial charge on any atom is -0.375 e. The molecule has 3 N–H and O–H groups in total. The van der Waals surface area contributed by atoms with Crippen molar-refractivity contribution in [3.8, 4) is 11.1 Å². The molecule has 0 aliphatic heterocycles. The van der Waals surface area contributed by atoms with Gasteiger partial charge >= 0.3 is 0 Å². The van der Waals surface area contributed by atoms with Gasteiger partial charge in [0, 0.05) is 13.0 Å². The van der Waals surface area contributed by atoms with Crippen molar-refractivity contribution in [3.63, 3.8) is 0 Å². The van der Waals surface area contributed by atoms with Crippen LogP contribution in [0.4, 0.5) is 0 Å². The van der Waals surface area contributed by atoms with Gasteiger partial charge < -0.3 is 15.8 Å². The molecule has 0 heterocycles. The SMILES string of the molecule is COCC(=O)N[C@H](C(N)=O)C1c2ccccc2-c2ccccc21. The van der Waals surface area contributed by atoms with E-state index in [9.17, 15) is 9.59 Å². The van der Waals surface area contributed by atoms with E-state index in [1.807, 2.05) is 48.5 Å². The Balaban J connectivity index is 2.06.